The molecule has 1 aliphatic heterocycles. The minimum atomic E-state index is -0.0267. The number of benzene rings is 2. The van der Waals surface area contributed by atoms with Crippen molar-refractivity contribution in [2.75, 3.05) is 20.8 Å². The summed E-state index contributed by atoms with van der Waals surface area (Å²) >= 11 is 0. The van der Waals surface area contributed by atoms with Crippen LogP contribution in [0.2, 0.25) is 0 Å². The molecule has 5 nitrogen and oxygen atoms in total. The Morgan fingerprint density at radius 3 is 2.60 bits per heavy atom. The lowest BCUT2D eigenvalue weighted by Gasteiger charge is -2.25. The van der Waals surface area contributed by atoms with Gasteiger partial charge < -0.3 is 19.7 Å². The Labute approximate surface area is 148 Å². The molecule has 0 bridgehead atoms. The summed E-state index contributed by atoms with van der Waals surface area (Å²) in [5, 5.41) is 3.02. The van der Waals surface area contributed by atoms with Gasteiger partial charge in [0.15, 0.2) is 0 Å². The zero-order valence-electron chi connectivity index (χ0n) is 14.7. The first-order chi connectivity index (χ1) is 12.2. The molecule has 0 saturated carbocycles. The van der Waals surface area contributed by atoms with E-state index in [9.17, 15) is 4.79 Å². The number of carbonyl (C=O) groups is 1. The third-order valence-electron chi connectivity index (χ3n) is 4.60. The molecule has 1 atom stereocenters. The van der Waals surface area contributed by atoms with Gasteiger partial charge in [0, 0.05) is 13.1 Å². The Hall–Kier alpha value is -2.69. The maximum Gasteiger partial charge on any atom is 0.318 e. The van der Waals surface area contributed by atoms with Crippen molar-refractivity contribution >= 4 is 6.03 Å². The summed E-state index contributed by atoms with van der Waals surface area (Å²) in [7, 11) is 3.30. The van der Waals surface area contributed by atoms with Gasteiger partial charge in [0.1, 0.15) is 11.5 Å². The number of rotatable bonds is 5. The van der Waals surface area contributed by atoms with Gasteiger partial charge in [0.05, 0.1) is 20.3 Å². The summed E-state index contributed by atoms with van der Waals surface area (Å²) in [6.07, 6.45) is 1.99. The Kier molecular flexibility index (Phi) is 5.43. The van der Waals surface area contributed by atoms with E-state index in [4.69, 9.17) is 9.47 Å². The predicted octanol–water partition coefficient (Wildman–Crippen LogP) is 3.75. The van der Waals surface area contributed by atoms with Crippen molar-refractivity contribution in [1.82, 2.24) is 10.2 Å². The van der Waals surface area contributed by atoms with Crippen molar-refractivity contribution in [3.05, 3.63) is 59.7 Å². The second-order valence-electron chi connectivity index (χ2n) is 6.13. The number of likely N-dealkylation sites (tertiary alicyclic amines) is 1. The Balaban J connectivity index is 1.63. The van der Waals surface area contributed by atoms with Gasteiger partial charge in [-0.3, -0.25) is 0 Å². The molecule has 2 amide bonds. The molecule has 1 heterocycles. The number of ether oxygens (including phenoxy) is 2. The summed E-state index contributed by atoms with van der Waals surface area (Å²) in [5.41, 5.74) is 2.17. The van der Waals surface area contributed by atoms with E-state index in [1.807, 2.05) is 47.4 Å². The molecule has 1 N–H and O–H groups in total. The zero-order valence-corrected chi connectivity index (χ0v) is 14.7. The van der Waals surface area contributed by atoms with Crippen LogP contribution < -0.4 is 14.8 Å². The van der Waals surface area contributed by atoms with Crippen LogP contribution >= 0.6 is 0 Å². The van der Waals surface area contributed by atoms with E-state index in [1.165, 1.54) is 0 Å². The molecule has 0 spiro atoms. The van der Waals surface area contributed by atoms with Crippen molar-refractivity contribution < 1.29 is 14.3 Å². The van der Waals surface area contributed by atoms with Gasteiger partial charge in [-0.25, -0.2) is 4.79 Å². The van der Waals surface area contributed by atoms with E-state index >= 15 is 0 Å². The molecular weight excluding hydrogens is 316 g/mol. The summed E-state index contributed by atoms with van der Waals surface area (Å²) < 4.78 is 10.5. The number of urea groups is 1. The smallest absolute Gasteiger partial charge is 0.318 e. The topological polar surface area (TPSA) is 50.8 Å². The summed E-state index contributed by atoms with van der Waals surface area (Å²) in [6, 6.07) is 15.8. The average Bonchev–Trinajstić information content (AvgIpc) is 3.16. The first-order valence-corrected chi connectivity index (χ1v) is 8.52. The Morgan fingerprint density at radius 1 is 1.12 bits per heavy atom. The zero-order chi connectivity index (χ0) is 17.6. The van der Waals surface area contributed by atoms with Crippen LogP contribution in [0.4, 0.5) is 4.79 Å². The Morgan fingerprint density at radius 2 is 1.88 bits per heavy atom. The molecule has 3 rings (SSSR count). The molecular formula is C20H24N2O3. The molecule has 5 heteroatoms. The number of amides is 2. The lowest BCUT2D eigenvalue weighted by Crippen LogP contribution is -2.39. The molecule has 132 valence electrons. The minimum absolute atomic E-state index is 0.0267. The highest BCUT2D eigenvalue weighted by atomic mass is 16.5. The van der Waals surface area contributed by atoms with Crippen molar-refractivity contribution in [3.63, 3.8) is 0 Å². The predicted molar refractivity (Wildman–Crippen MR) is 96.9 cm³/mol. The molecule has 1 fully saturated rings. The van der Waals surface area contributed by atoms with Gasteiger partial charge in [0.2, 0.25) is 0 Å². The van der Waals surface area contributed by atoms with Gasteiger partial charge >= 0.3 is 6.03 Å². The molecule has 0 radical (unpaired) electrons. The van der Waals surface area contributed by atoms with Crippen LogP contribution in [0.25, 0.3) is 0 Å². The van der Waals surface area contributed by atoms with Crippen LogP contribution in [0.15, 0.2) is 48.5 Å². The summed E-state index contributed by atoms with van der Waals surface area (Å²) in [5.74, 6) is 1.63. The summed E-state index contributed by atoms with van der Waals surface area (Å²) in [4.78, 5) is 14.6. The van der Waals surface area contributed by atoms with Crippen LogP contribution in [0.3, 0.4) is 0 Å². The molecule has 25 heavy (non-hydrogen) atoms. The van der Waals surface area contributed by atoms with Crippen molar-refractivity contribution in [2.45, 2.75) is 25.4 Å². The van der Waals surface area contributed by atoms with Gasteiger partial charge in [0.25, 0.3) is 0 Å². The van der Waals surface area contributed by atoms with Crippen molar-refractivity contribution in [3.8, 4) is 11.5 Å². The average molecular weight is 340 g/mol. The number of carbonyl (C=O) groups excluding carboxylic acids is 1. The fraction of sp³-hybridized carbons (Fsp3) is 0.350. The maximum absolute atomic E-state index is 12.6. The third-order valence-corrected chi connectivity index (χ3v) is 4.60. The van der Waals surface area contributed by atoms with E-state index in [0.717, 1.165) is 42.0 Å². The number of nitrogens with one attached hydrogen (secondary N) is 1. The van der Waals surface area contributed by atoms with Crippen molar-refractivity contribution in [2.24, 2.45) is 0 Å². The van der Waals surface area contributed by atoms with Crippen LogP contribution in [0.5, 0.6) is 11.5 Å². The second kappa shape index (κ2) is 7.92. The SMILES string of the molecule is COc1ccc(CNC(=O)N2CCCC2c2cccc(OC)c2)cc1. The maximum atomic E-state index is 12.6. The molecule has 0 aromatic heterocycles. The Bertz CT molecular complexity index is 715. The van der Waals surface area contributed by atoms with Crippen LogP contribution in [-0.4, -0.2) is 31.7 Å². The van der Waals surface area contributed by atoms with Crippen molar-refractivity contribution in [1.29, 1.82) is 0 Å². The fourth-order valence-corrected chi connectivity index (χ4v) is 3.23. The molecule has 1 aliphatic rings. The third kappa shape index (κ3) is 4.05. The van der Waals surface area contributed by atoms with E-state index < -0.39 is 0 Å². The van der Waals surface area contributed by atoms with E-state index in [2.05, 4.69) is 11.4 Å². The summed E-state index contributed by atoms with van der Waals surface area (Å²) in [6.45, 7) is 1.28. The number of nitrogens with zero attached hydrogens (tertiary/aromatic N) is 1. The van der Waals surface area contributed by atoms with E-state index in [0.29, 0.717) is 6.54 Å². The largest absolute Gasteiger partial charge is 0.497 e. The fourth-order valence-electron chi connectivity index (χ4n) is 3.23. The second-order valence-corrected chi connectivity index (χ2v) is 6.13. The van der Waals surface area contributed by atoms with Gasteiger partial charge in [-0.2, -0.15) is 0 Å². The normalized spacial score (nSPS) is 16.6. The number of methoxy groups -OCH3 is 2. The highest BCUT2D eigenvalue weighted by molar-refractivity contribution is 5.75. The highest BCUT2D eigenvalue weighted by Crippen LogP contribution is 2.33. The van der Waals surface area contributed by atoms with Crippen LogP contribution in [0.1, 0.15) is 30.0 Å². The minimum Gasteiger partial charge on any atom is -0.497 e. The lowest BCUT2D eigenvalue weighted by molar-refractivity contribution is 0.192. The first kappa shape index (κ1) is 17.1. The van der Waals surface area contributed by atoms with Gasteiger partial charge in [-0.15, -0.1) is 0 Å². The molecule has 2 aromatic rings. The van der Waals surface area contributed by atoms with Gasteiger partial charge in [-0.1, -0.05) is 24.3 Å². The quantitative estimate of drug-likeness (QED) is 0.902. The standard InChI is InChI=1S/C20H24N2O3/c1-24-17-10-8-15(9-11-17)14-21-20(23)22-12-4-7-19(22)16-5-3-6-18(13-16)25-2/h3,5-6,8-11,13,19H,4,7,12,14H2,1-2H3,(H,21,23). The van der Waals surface area contributed by atoms with Gasteiger partial charge in [-0.05, 0) is 48.2 Å². The van der Waals surface area contributed by atoms with Crippen LogP contribution in [0, 0.1) is 0 Å². The first-order valence-electron chi connectivity index (χ1n) is 8.52. The molecule has 1 unspecified atom stereocenters. The monoisotopic (exact) mass is 340 g/mol. The molecule has 0 aliphatic carbocycles. The van der Waals surface area contributed by atoms with E-state index in [-0.39, 0.29) is 12.1 Å². The van der Waals surface area contributed by atoms with Crippen LogP contribution in [-0.2, 0) is 6.54 Å². The lowest BCUT2D eigenvalue weighted by atomic mass is 10.0. The number of hydrogen-bond donors (Lipinski definition) is 1. The van der Waals surface area contributed by atoms with E-state index in [1.54, 1.807) is 14.2 Å². The number of hydrogen-bond acceptors (Lipinski definition) is 3. The molecule has 1 saturated heterocycles. The highest BCUT2D eigenvalue weighted by Gasteiger charge is 2.30. The molecule has 2 aromatic carbocycles.